The van der Waals surface area contributed by atoms with Gasteiger partial charge in [-0.1, -0.05) is 0 Å². The maximum Gasteiger partial charge on any atom is 0.0877 e. The van der Waals surface area contributed by atoms with E-state index in [1.54, 1.807) is 0 Å². The summed E-state index contributed by atoms with van der Waals surface area (Å²) in [5.41, 5.74) is 0. The SMILES string of the molecule is CCOCC(NC)C1CN(C)CCO1. The normalized spacial score (nSPS) is 26.4. The topological polar surface area (TPSA) is 33.7 Å². The Morgan fingerprint density at radius 2 is 2.43 bits per heavy atom. The number of ether oxygens (including phenoxy) is 2. The number of morpholine rings is 1. The molecular weight excluding hydrogens is 180 g/mol. The van der Waals surface area contributed by atoms with Gasteiger partial charge < -0.3 is 19.7 Å². The van der Waals surface area contributed by atoms with Crippen LogP contribution in [0, 0.1) is 0 Å². The maximum atomic E-state index is 5.71. The van der Waals surface area contributed by atoms with Crippen molar-refractivity contribution in [3.63, 3.8) is 0 Å². The van der Waals surface area contributed by atoms with E-state index in [4.69, 9.17) is 9.47 Å². The van der Waals surface area contributed by atoms with E-state index in [0.717, 1.165) is 32.9 Å². The lowest BCUT2D eigenvalue weighted by atomic mass is 10.1. The highest BCUT2D eigenvalue weighted by molar-refractivity contribution is 4.80. The van der Waals surface area contributed by atoms with Gasteiger partial charge in [0.25, 0.3) is 0 Å². The molecule has 1 aliphatic heterocycles. The maximum absolute atomic E-state index is 5.71. The predicted molar refractivity (Wildman–Crippen MR) is 56.6 cm³/mol. The number of nitrogens with zero attached hydrogens (tertiary/aromatic N) is 1. The second-order valence-corrected chi connectivity index (χ2v) is 3.73. The third kappa shape index (κ3) is 3.53. The molecule has 84 valence electrons. The average Bonchev–Trinajstić information content (AvgIpc) is 2.19. The third-order valence-corrected chi connectivity index (χ3v) is 2.62. The molecule has 1 N–H and O–H groups in total. The fraction of sp³-hybridized carbons (Fsp3) is 1.00. The van der Waals surface area contributed by atoms with Gasteiger partial charge in [0.1, 0.15) is 0 Å². The lowest BCUT2D eigenvalue weighted by molar-refractivity contribution is -0.0527. The lowest BCUT2D eigenvalue weighted by Gasteiger charge is -2.34. The van der Waals surface area contributed by atoms with Crippen molar-refractivity contribution in [2.75, 3.05) is 47.0 Å². The number of nitrogens with one attached hydrogen (secondary N) is 1. The molecule has 0 amide bonds. The van der Waals surface area contributed by atoms with Crippen LogP contribution >= 0.6 is 0 Å². The fourth-order valence-electron chi connectivity index (χ4n) is 1.68. The first kappa shape index (κ1) is 11.9. The Kier molecular flexibility index (Phi) is 5.40. The van der Waals surface area contributed by atoms with Gasteiger partial charge in [-0.25, -0.2) is 0 Å². The summed E-state index contributed by atoms with van der Waals surface area (Å²) in [4.78, 5) is 2.30. The van der Waals surface area contributed by atoms with Gasteiger partial charge in [-0.2, -0.15) is 0 Å². The van der Waals surface area contributed by atoms with Gasteiger partial charge in [-0.3, -0.25) is 0 Å². The summed E-state index contributed by atoms with van der Waals surface area (Å²) in [6.07, 6.45) is 0.255. The Balaban J connectivity index is 2.34. The van der Waals surface area contributed by atoms with Crippen LogP contribution in [0.2, 0.25) is 0 Å². The van der Waals surface area contributed by atoms with Crippen LogP contribution in [0.4, 0.5) is 0 Å². The molecule has 0 spiro atoms. The van der Waals surface area contributed by atoms with Crippen LogP contribution < -0.4 is 5.32 Å². The van der Waals surface area contributed by atoms with Crippen LogP contribution in [-0.4, -0.2) is 64.1 Å². The highest BCUT2D eigenvalue weighted by Crippen LogP contribution is 2.07. The smallest absolute Gasteiger partial charge is 0.0877 e. The van der Waals surface area contributed by atoms with Crippen LogP contribution in [0.3, 0.4) is 0 Å². The second kappa shape index (κ2) is 6.35. The fourth-order valence-corrected chi connectivity index (χ4v) is 1.68. The van der Waals surface area contributed by atoms with Crippen LogP contribution in [0.1, 0.15) is 6.92 Å². The monoisotopic (exact) mass is 202 g/mol. The summed E-state index contributed by atoms with van der Waals surface area (Å²) in [6, 6.07) is 0.303. The largest absolute Gasteiger partial charge is 0.380 e. The molecule has 1 saturated heterocycles. The molecule has 1 fully saturated rings. The summed E-state index contributed by atoms with van der Waals surface area (Å²) >= 11 is 0. The summed E-state index contributed by atoms with van der Waals surface area (Å²) in [6.45, 7) is 6.35. The van der Waals surface area contributed by atoms with Crippen molar-refractivity contribution < 1.29 is 9.47 Å². The van der Waals surface area contributed by atoms with Crippen molar-refractivity contribution in [3.05, 3.63) is 0 Å². The van der Waals surface area contributed by atoms with Crippen LogP contribution in [0.25, 0.3) is 0 Å². The van der Waals surface area contributed by atoms with E-state index in [-0.39, 0.29) is 6.10 Å². The predicted octanol–water partition coefficient (Wildman–Crippen LogP) is -0.0585. The van der Waals surface area contributed by atoms with E-state index in [0.29, 0.717) is 6.04 Å². The highest BCUT2D eigenvalue weighted by atomic mass is 16.5. The van der Waals surface area contributed by atoms with E-state index in [9.17, 15) is 0 Å². The van der Waals surface area contributed by atoms with Crippen molar-refractivity contribution in [1.29, 1.82) is 0 Å². The molecule has 1 heterocycles. The Morgan fingerprint density at radius 1 is 1.64 bits per heavy atom. The Labute approximate surface area is 86.6 Å². The van der Waals surface area contributed by atoms with Crippen molar-refractivity contribution in [3.8, 4) is 0 Å². The van der Waals surface area contributed by atoms with E-state index in [1.807, 2.05) is 14.0 Å². The van der Waals surface area contributed by atoms with E-state index in [2.05, 4.69) is 17.3 Å². The van der Waals surface area contributed by atoms with E-state index >= 15 is 0 Å². The number of likely N-dealkylation sites (N-methyl/N-ethyl adjacent to an activating group) is 2. The molecule has 0 aliphatic carbocycles. The Morgan fingerprint density at radius 3 is 3.00 bits per heavy atom. The summed E-state index contributed by atoms with van der Waals surface area (Å²) < 4.78 is 11.1. The molecule has 1 rings (SSSR count). The van der Waals surface area contributed by atoms with Gasteiger partial charge in [0.15, 0.2) is 0 Å². The molecule has 1 aliphatic rings. The van der Waals surface area contributed by atoms with Crippen LogP contribution in [0.5, 0.6) is 0 Å². The minimum atomic E-state index is 0.255. The minimum absolute atomic E-state index is 0.255. The average molecular weight is 202 g/mol. The third-order valence-electron chi connectivity index (χ3n) is 2.62. The second-order valence-electron chi connectivity index (χ2n) is 3.73. The standard InChI is InChI=1S/C10H22N2O2/c1-4-13-8-9(11-2)10-7-12(3)5-6-14-10/h9-11H,4-8H2,1-3H3. The molecule has 0 aromatic heterocycles. The van der Waals surface area contributed by atoms with Crippen LogP contribution in [0.15, 0.2) is 0 Å². The molecule has 0 saturated carbocycles. The van der Waals surface area contributed by atoms with Gasteiger partial charge in [0, 0.05) is 19.7 Å². The summed E-state index contributed by atoms with van der Waals surface area (Å²) in [7, 11) is 4.09. The zero-order chi connectivity index (χ0) is 10.4. The van der Waals surface area contributed by atoms with Gasteiger partial charge >= 0.3 is 0 Å². The quantitative estimate of drug-likeness (QED) is 0.677. The van der Waals surface area contributed by atoms with Gasteiger partial charge in [0.2, 0.25) is 0 Å². The zero-order valence-electron chi connectivity index (χ0n) is 9.45. The number of hydrogen-bond acceptors (Lipinski definition) is 4. The molecule has 2 unspecified atom stereocenters. The molecule has 4 nitrogen and oxygen atoms in total. The van der Waals surface area contributed by atoms with Gasteiger partial charge in [-0.05, 0) is 21.0 Å². The van der Waals surface area contributed by atoms with E-state index < -0.39 is 0 Å². The number of hydrogen-bond donors (Lipinski definition) is 1. The van der Waals surface area contributed by atoms with Crippen molar-refractivity contribution in [2.45, 2.75) is 19.1 Å². The Bertz CT molecular complexity index is 155. The first-order valence-electron chi connectivity index (χ1n) is 5.33. The first-order chi connectivity index (χ1) is 6.77. The van der Waals surface area contributed by atoms with E-state index in [1.165, 1.54) is 0 Å². The van der Waals surface area contributed by atoms with Crippen molar-refractivity contribution in [2.24, 2.45) is 0 Å². The van der Waals surface area contributed by atoms with Crippen molar-refractivity contribution >= 4 is 0 Å². The molecule has 2 atom stereocenters. The molecular formula is C10H22N2O2. The zero-order valence-corrected chi connectivity index (χ0v) is 9.45. The van der Waals surface area contributed by atoms with Crippen LogP contribution in [-0.2, 0) is 9.47 Å². The Hall–Kier alpha value is -0.160. The molecule has 14 heavy (non-hydrogen) atoms. The molecule has 0 radical (unpaired) electrons. The molecule has 0 aromatic carbocycles. The van der Waals surface area contributed by atoms with Crippen molar-refractivity contribution in [1.82, 2.24) is 10.2 Å². The highest BCUT2D eigenvalue weighted by Gasteiger charge is 2.25. The molecule has 0 bridgehead atoms. The minimum Gasteiger partial charge on any atom is -0.380 e. The van der Waals surface area contributed by atoms with Gasteiger partial charge in [-0.15, -0.1) is 0 Å². The number of rotatable bonds is 5. The molecule has 4 heteroatoms. The lowest BCUT2D eigenvalue weighted by Crippen LogP contribution is -2.52. The molecule has 0 aromatic rings. The summed E-state index contributed by atoms with van der Waals surface area (Å²) in [5.74, 6) is 0. The summed E-state index contributed by atoms with van der Waals surface area (Å²) in [5, 5.41) is 3.25. The first-order valence-corrected chi connectivity index (χ1v) is 5.33. The van der Waals surface area contributed by atoms with Gasteiger partial charge in [0.05, 0.1) is 25.4 Å².